The van der Waals surface area contributed by atoms with E-state index in [0.717, 1.165) is 62.6 Å². The molecule has 0 saturated carbocycles. The van der Waals surface area contributed by atoms with Gasteiger partial charge in [0.05, 0.1) is 12.6 Å². The zero-order valence-corrected chi connectivity index (χ0v) is 21.7. The second kappa shape index (κ2) is 12.1. The Morgan fingerprint density at radius 1 is 1.12 bits per heavy atom. The Bertz CT molecular complexity index is 990. The molecule has 184 valence electrons. The van der Waals surface area contributed by atoms with E-state index in [1.807, 2.05) is 12.1 Å². The van der Waals surface area contributed by atoms with E-state index in [0.29, 0.717) is 12.6 Å². The van der Waals surface area contributed by atoms with Gasteiger partial charge in [0.25, 0.3) is 0 Å². The molecule has 1 heterocycles. The first-order valence-corrected chi connectivity index (χ1v) is 13.1. The maximum Gasteiger partial charge on any atom is 0.119 e. The monoisotopic (exact) mass is 482 g/mol. The third kappa shape index (κ3) is 6.16. The average molecular weight is 483 g/mol. The lowest BCUT2D eigenvalue weighted by Gasteiger charge is -2.40. The molecule has 1 N–H and O–H groups in total. The topological polar surface area (TPSA) is 33.7 Å². The van der Waals surface area contributed by atoms with Crippen LogP contribution in [0.25, 0.3) is 0 Å². The third-order valence-electron chi connectivity index (χ3n) is 7.35. The molecule has 5 heteroatoms. The number of nitrogens with one attached hydrogen (secondary N) is 1. The van der Waals surface area contributed by atoms with Crippen molar-refractivity contribution in [1.29, 1.82) is 0 Å². The van der Waals surface area contributed by atoms with Crippen molar-refractivity contribution in [3.8, 4) is 5.75 Å². The second-order valence-corrected chi connectivity index (χ2v) is 10.0. The van der Waals surface area contributed by atoms with Gasteiger partial charge in [-0.1, -0.05) is 48.4 Å². The molecule has 0 aromatic heterocycles. The lowest BCUT2D eigenvalue weighted by Crippen LogP contribution is -2.45. The number of hydrogen-bond donors (Lipinski definition) is 1. The highest BCUT2D eigenvalue weighted by Crippen LogP contribution is 2.32. The average Bonchev–Trinajstić information content (AvgIpc) is 2.86. The summed E-state index contributed by atoms with van der Waals surface area (Å²) in [5, 5.41) is 4.71. The minimum atomic E-state index is 0.239. The van der Waals surface area contributed by atoms with E-state index < -0.39 is 0 Å². The summed E-state index contributed by atoms with van der Waals surface area (Å²) >= 11 is 6.53. The molecule has 2 unspecified atom stereocenters. The van der Waals surface area contributed by atoms with Crippen LogP contribution in [0.4, 0.5) is 0 Å². The van der Waals surface area contributed by atoms with Crippen molar-refractivity contribution < 1.29 is 9.47 Å². The van der Waals surface area contributed by atoms with Gasteiger partial charge in [0, 0.05) is 50.0 Å². The largest absolute Gasteiger partial charge is 0.493 e. The van der Waals surface area contributed by atoms with Crippen molar-refractivity contribution in [2.24, 2.45) is 0 Å². The van der Waals surface area contributed by atoms with Crippen LogP contribution >= 0.6 is 11.6 Å². The van der Waals surface area contributed by atoms with Crippen LogP contribution in [0.5, 0.6) is 5.75 Å². The number of rotatable bonds is 10. The van der Waals surface area contributed by atoms with Crippen molar-refractivity contribution in [3.05, 3.63) is 75.4 Å². The van der Waals surface area contributed by atoms with E-state index in [9.17, 15) is 0 Å². The van der Waals surface area contributed by atoms with Crippen LogP contribution in [0, 0.1) is 0 Å². The zero-order chi connectivity index (χ0) is 23.9. The molecule has 0 spiro atoms. The van der Waals surface area contributed by atoms with Gasteiger partial charge in [-0.25, -0.2) is 0 Å². The number of halogens is 1. The molecule has 2 atom stereocenters. The van der Waals surface area contributed by atoms with E-state index >= 15 is 0 Å². The fourth-order valence-corrected chi connectivity index (χ4v) is 5.50. The molecule has 0 fully saturated rings. The number of methoxy groups -OCH3 is 1. The molecule has 34 heavy (non-hydrogen) atoms. The fraction of sp³-hybridized carbons (Fsp3) is 0.517. The van der Waals surface area contributed by atoms with Gasteiger partial charge in [0.1, 0.15) is 5.75 Å². The number of hydrogen-bond acceptors (Lipinski definition) is 4. The maximum absolute atomic E-state index is 6.53. The Balaban J connectivity index is 1.40. The van der Waals surface area contributed by atoms with E-state index in [-0.39, 0.29) is 6.04 Å². The minimum absolute atomic E-state index is 0.239. The van der Waals surface area contributed by atoms with Crippen molar-refractivity contribution in [2.45, 2.75) is 64.5 Å². The second-order valence-electron chi connectivity index (χ2n) is 9.63. The molecule has 4 nitrogen and oxygen atoms in total. The van der Waals surface area contributed by atoms with Gasteiger partial charge in [-0.05, 0) is 73.9 Å². The summed E-state index contributed by atoms with van der Waals surface area (Å²) in [6, 6.07) is 15.7. The molecule has 2 aromatic carbocycles. The molecule has 0 saturated heterocycles. The summed E-state index contributed by atoms with van der Waals surface area (Å²) < 4.78 is 11.1. The molecule has 2 aliphatic rings. The number of nitrogens with zero attached hydrogens (tertiary/aromatic N) is 1. The standard InChI is InChI=1S/C29H39ClN2O2/c1-4-28(26-8-5-6-9-27(26)30)31-29-20-32(15-14-21(29)2)24-12-10-22-11-13-25(19-23(22)18-24)34-17-7-16-33-3/h5-6,8-9,11,13,19,24,28,31H,4,7,10,12,14-18,20H2,1-3H3. The predicted molar refractivity (Wildman–Crippen MR) is 141 cm³/mol. The summed E-state index contributed by atoms with van der Waals surface area (Å²) in [4.78, 5) is 2.68. The van der Waals surface area contributed by atoms with Crippen LogP contribution in [0.15, 0.2) is 53.7 Å². The summed E-state index contributed by atoms with van der Waals surface area (Å²) in [6.45, 7) is 8.06. The Labute approximate surface area is 210 Å². The fourth-order valence-electron chi connectivity index (χ4n) is 5.24. The minimum Gasteiger partial charge on any atom is -0.493 e. The van der Waals surface area contributed by atoms with Crippen LogP contribution in [-0.4, -0.2) is 44.4 Å². The van der Waals surface area contributed by atoms with E-state index in [1.54, 1.807) is 7.11 Å². The molecule has 4 rings (SSSR count). The van der Waals surface area contributed by atoms with E-state index in [1.165, 1.54) is 34.4 Å². The van der Waals surface area contributed by atoms with E-state index in [2.05, 4.69) is 54.4 Å². The van der Waals surface area contributed by atoms with Crippen LogP contribution in [0.3, 0.4) is 0 Å². The molecule has 1 aliphatic carbocycles. The van der Waals surface area contributed by atoms with Crippen molar-refractivity contribution in [2.75, 3.05) is 33.4 Å². The molecule has 2 aromatic rings. The molecule has 1 aliphatic heterocycles. The number of benzene rings is 2. The van der Waals surface area contributed by atoms with Crippen molar-refractivity contribution in [1.82, 2.24) is 10.2 Å². The Morgan fingerprint density at radius 2 is 1.97 bits per heavy atom. The van der Waals surface area contributed by atoms with Crippen molar-refractivity contribution in [3.63, 3.8) is 0 Å². The molecular weight excluding hydrogens is 444 g/mol. The first-order valence-electron chi connectivity index (χ1n) is 12.8. The SMILES string of the molecule is CCC(NC1=C(C)CCN(C2CCc3ccc(OCCCOC)cc3C2)C1)c1ccccc1Cl. The first-order chi connectivity index (χ1) is 16.6. The highest BCUT2D eigenvalue weighted by molar-refractivity contribution is 6.31. The third-order valence-corrected chi connectivity index (χ3v) is 7.69. The molecule has 0 radical (unpaired) electrons. The number of fused-ring (bicyclic) bond motifs is 1. The summed E-state index contributed by atoms with van der Waals surface area (Å²) in [7, 11) is 1.73. The Hall–Kier alpha value is -2.01. The molecule has 0 bridgehead atoms. The van der Waals surface area contributed by atoms with E-state index in [4.69, 9.17) is 21.1 Å². The van der Waals surface area contributed by atoms with Gasteiger partial charge < -0.3 is 14.8 Å². The maximum atomic E-state index is 6.53. The molecular formula is C29H39ClN2O2. The summed E-state index contributed by atoms with van der Waals surface area (Å²) in [5.74, 6) is 0.984. The lowest BCUT2D eigenvalue weighted by atomic mass is 9.86. The predicted octanol–water partition coefficient (Wildman–Crippen LogP) is 6.33. The number of aryl methyl sites for hydroxylation is 1. The molecule has 0 amide bonds. The number of ether oxygens (including phenoxy) is 2. The van der Waals surface area contributed by atoms with Crippen LogP contribution < -0.4 is 10.1 Å². The van der Waals surface area contributed by atoms with Gasteiger partial charge >= 0.3 is 0 Å². The lowest BCUT2D eigenvalue weighted by molar-refractivity contribution is 0.171. The van der Waals surface area contributed by atoms with Gasteiger partial charge in [0.2, 0.25) is 0 Å². The Kier molecular flexibility index (Phi) is 8.93. The summed E-state index contributed by atoms with van der Waals surface area (Å²) in [6.07, 6.45) is 6.49. The van der Waals surface area contributed by atoms with Crippen molar-refractivity contribution >= 4 is 11.6 Å². The summed E-state index contributed by atoms with van der Waals surface area (Å²) in [5.41, 5.74) is 6.97. The quantitative estimate of drug-likeness (QED) is 0.401. The van der Waals surface area contributed by atoms with Crippen LogP contribution in [-0.2, 0) is 17.6 Å². The zero-order valence-electron chi connectivity index (χ0n) is 20.9. The smallest absolute Gasteiger partial charge is 0.119 e. The Morgan fingerprint density at radius 3 is 2.76 bits per heavy atom. The normalized spacial score (nSPS) is 19.6. The van der Waals surface area contributed by atoms with Gasteiger partial charge in [-0.2, -0.15) is 0 Å². The van der Waals surface area contributed by atoms with Gasteiger partial charge in [0.15, 0.2) is 0 Å². The first kappa shape index (κ1) is 25.1. The van der Waals surface area contributed by atoms with Gasteiger partial charge in [-0.15, -0.1) is 0 Å². The highest BCUT2D eigenvalue weighted by Gasteiger charge is 2.28. The van der Waals surface area contributed by atoms with Crippen LogP contribution in [0.1, 0.15) is 62.3 Å². The highest BCUT2D eigenvalue weighted by atomic mass is 35.5. The van der Waals surface area contributed by atoms with Gasteiger partial charge in [-0.3, -0.25) is 4.90 Å². The van der Waals surface area contributed by atoms with Crippen LogP contribution in [0.2, 0.25) is 5.02 Å².